The highest BCUT2D eigenvalue weighted by Crippen LogP contribution is 2.47. The molecule has 0 aliphatic carbocycles. The quantitative estimate of drug-likeness (QED) is 0.144. The Labute approximate surface area is 295 Å². The number of nitrogens with zero attached hydrogens (tertiary/aromatic N) is 3. The van der Waals surface area contributed by atoms with Gasteiger partial charge in [0.15, 0.2) is 5.60 Å². The molecule has 0 aromatic heterocycles. The van der Waals surface area contributed by atoms with E-state index < -0.39 is 17.4 Å². The number of anilines is 3. The first kappa shape index (κ1) is 33.2. The van der Waals surface area contributed by atoms with E-state index >= 15 is 0 Å². The van der Waals surface area contributed by atoms with Crippen molar-refractivity contribution in [3.8, 4) is 0 Å². The molecule has 2 aliphatic heterocycles. The summed E-state index contributed by atoms with van der Waals surface area (Å²) in [6.45, 7) is 2.32. The maximum Gasteiger partial charge on any atom is 0.264 e. The molecule has 2 N–H and O–H groups in total. The Morgan fingerprint density at radius 1 is 0.900 bits per heavy atom. The van der Waals surface area contributed by atoms with Gasteiger partial charge < -0.3 is 20.0 Å². The lowest BCUT2D eigenvalue weighted by atomic mass is 9.83. The van der Waals surface area contributed by atoms with Gasteiger partial charge >= 0.3 is 0 Å². The Morgan fingerprint density at radius 3 is 2.38 bits per heavy atom. The summed E-state index contributed by atoms with van der Waals surface area (Å²) in [6, 6.07) is 33.7. The number of hydrogen-bond acceptors (Lipinski definition) is 5. The lowest BCUT2D eigenvalue weighted by Crippen LogP contribution is -2.44. The molecule has 2 heterocycles. The number of rotatable bonds is 11. The monoisotopic (exact) mass is 685 g/mol. The Bertz CT molecular complexity index is 2130. The van der Waals surface area contributed by atoms with Gasteiger partial charge in [0.05, 0.1) is 30.1 Å². The zero-order valence-corrected chi connectivity index (χ0v) is 28.3. The van der Waals surface area contributed by atoms with Crippen LogP contribution in [0.25, 0.3) is 10.8 Å². The van der Waals surface area contributed by atoms with Gasteiger partial charge in [-0.3, -0.25) is 19.3 Å². The van der Waals surface area contributed by atoms with Crippen LogP contribution in [-0.2, 0) is 28.3 Å². The Hall–Kier alpha value is -5.28. The van der Waals surface area contributed by atoms with Crippen molar-refractivity contribution in [1.82, 2.24) is 4.90 Å². The molecule has 2 atom stereocenters. The van der Waals surface area contributed by atoms with E-state index in [4.69, 9.17) is 11.6 Å². The van der Waals surface area contributed by atoms with E-state index in [9.17, 15) is 24.6 Å². The zero-order valence-electron chi connectivity index (χ0n) is 27.5. The number of carbonyl (C=O) groups excluding carboxylic acids is 3. The number of carbonyl (C=O) groups is 3. The van der Waals surface area contributed by atoms with Crippen molar-refractivity contribution in [2.24, 2.45) is 5.92 Å². The number of fused-ring (bicyclic) bond motifs is 1. The van der Waals surface area contributed by atoms with Crippen LogP contribution >= 0.6 is 11.6 Å². The summed E-state index contributed by atoms with van der Waals surface area (Å²) in [5.74, 6) is -1.46. The van der Waals surface area contributed by atoms with Crippen LogP contribution in [0.5, 0.6) is 0 Å². The molecule has 3 amide bonds. The van der Waals surface area contributed by atoms with Gasteiger partial charge in [-0.15, -0.1) is 0 Å². The number of amides is 3. The Kier molecular flexibility index (Phi) is 9.01. The molecule has 0 saturated carbocycles. The van der Waals surface area contributed by atoms with Gasteiger partial charge in [0.1, 0.15) is 0 Å². The topological polar surface area (TPSA) is 101 Å². The van der Waals surface area contributed by atoms with E-state index in [1.54, 1.807) is 52.0 Å². The zero-order chi connectivity index (χ0) is 35.0. The lowest BCUT2D eigenvalue weighted by Gasteiger charge is -2.28. The second-order valence-corrected chi connectivity index (χ2v) is 13.2. The molecular formula is C41H36ClN3O5. The first-order chi connectivity index (χ1) is 24.2. The number of halogens is 1. The van der Waals surface area contributed by atoms with Crippen LogP contribution in [0, 0.1) is 5.92 Å². The van der Waals surface area contributed by atoms with Crippen molar-refractivity contribution < 1.29 is 24.6 Å². The first-order valence-electron chi connectivity index (χ1n) is 16.6. The average Bonchev–Trinajstić information content (AvgIpc) is 3.53. The predicted molar refractivity (Wildman–Crippen MR) is 195 cm³/mol. The molecular weight excluding hydrogens is 650 g/mol. The minimum atomic E-state index is -1.92. The molecule has 0 spiro atoms. The van der Waals surface area contributed by atoms with Gasteiger partial charge in [-0.2, -0.15) is 0 Å². The van der Waals surface area contributed by atoms with E-state index in [1.165, 1.54) is 0 Å². The second-order valence-electron chi connectivity index (χ2n) is 12.8. The van der Waals surface area contributed by atoms with Crippen molar-refractivity contribution in [3.63, 3.8) is 0 Å². The summed E-state index contributed by atoms with van der Waals surface area (Å²) >= 11 is 6.38. The fourth-order valence-corrected chi connectivity index (χ4v) is 7.21. The highest BCUT2D eigenvalue weighted by atomic mass is 35.5. The van der Waals surface area contributed by atoms with Crippen molar-refractivity contribution in [2.45, 2.75) is 32.0 Å². The summed E-state index contributed by atoms with van der Waals surface area (Å²) in [5, 5.41) is 24.0. The van der Waals surface area contributed by atoms with Gasteiger partial charge in [0.2, 0.25) is 5.91 Å². The van der Waals surface area contributed by atoms with Gasteiger partial charge in [-0.25, -0.2) is 0 Å². The van der Waals surface area contributed by atoms with Crippen molar-refractivity contribution in [2.75, 3.05) is 23.0 Å². The highest BCUT2D eigenvalue weighted by molar-refractivity contribution is 6.31. The number of aliphatic hydroxyl groups excluding tert-OH is 1. The third-order valence-corrected chi connectivity index (χ3v) is 9.87. The van der Waals surface area contributed by atoms with E-state index in [0.29, 0.717) is 34.1 Å². The molecule has 0 bridgehead atoms. The third-order valence-electron chi connectivity index (χ3n) is 9.64. The Balaban J connectivity index is 1.09. The molecule has 0 radical (unpaired) electrons. The van der Waals surface area contributed by atoms with E-state index in [2.05, 4.69) is 0 Å². The summed E-state index contributed by atoms with van der Waals surface area (Å²) in [5.41, 5.74) is 3.02. The van der Waals surface area contributed by atoms with Crippen LogP contribution < -0.4 is 9.80 Å². The highest BCUT2D eigenvalue weighted by Gasteiger charge is 2.52. The van der Waals surface area contributed by atoms with Crippen LogP contribution in [0.3, 0.4) is 0 Å². The van der Waals surface area contributed by atoms with Gasteiger partial charge in [0, 0.05) is 47.1 Å². The molecule has 5 aromatic rings. The molecule has 0 fully saturated rings. The van der Waals surface area contributed by atoms with Gasteiger partial charge in [0.25, 0.3) is 11.8 Å². The normalized spacial score (nSPS) is 17.2. The molecule has 252 valence electrons. The van der Waals surface area contributed by atoms with E-state index in [-0.39, 0.29) is 37.9 Å². The molecule has 2 aliphatic rings. The van der Waals surface area contributed by atoms with Crippen molar-refractivity contribution in [1.29, 1.82) is 0 Å². The first-order valence-corrected chi connectivity index (χ1v) is 17.0. The van der Waals surface area contributed by atoms with Crippen LogP contribution in [0.15, 0.2) is 121 Å². The van der Waals surface area contributed by atoms with E-state index in [0.717, 1.165) is 27.6 Å². The maximum atomic E-state index is 14.1. The maximum absolute atomic E-state index is 14.1. The standard InChI is InChI=1S/C41H36ClN3O5/c1-27(8-5-15-37(47)43(22-23-46)25-28-9-3-2-4-10-28)41(50)34-24-31(42)18-21-35(34)44(40(41)49)26-29-16-19-32(20-17-29)45-36-14-7-12-30-11-6-13-33(38(30)36)39(45)48/h2-14,16-21,24,27,46,50H,15,22-23,25-26H2,1H3/b8-5+/t27-,41+/m1/s1. The van der Waals surface area contributed by atoms with Gasteiger partial charge in [-0.1, -0.05) is 97.4 Å². The summed E-state index contributed by atoms with van der Waals surface area (Å²) in [6.07, 6.45) is 3.39. The summed E-state index contributed by atoms with van der Waals surface area (Å²) in [4.78, 5) is 45.5. The summed E-state index contributed by atoms with van der Waals surface area (Å²) < 4.78 is 0. The third kappa shape index (κ3) is 5.85. The minimum Gasteiger partial charge on any atom is -0.395 e. The fraction of sp³-hybridized carbons (Fsp3) is 0.195. The molecule has 5 aromatic carbocycles. The smallest absolute Gasteiger partial charge is 0.264 e. The SMILES string of the molecule is C[C@H](/C=C/CC(=O)N(CCO)Cc1ccccc1)[C@@]1(O)C(=O)N(Cc2ccc(N3C(=O)c4cccc5cccc3c45)cc2)c2ccc(Cl)cc21. The van der Waals surface area contributed by atoms with Gasteiger partial charge in [-0.05, 0) is 59.0 Å². The molecule has 50 heavy (non-hydrogen) atoms. The molecule has 9 heteroatoms. The van der Waals surface area contributed by atoms with Crippen LogP contribution in [-0.4, -0.2) is 46.0 Å². The number of benzene rings is 5. The summed E-state index contributed by atoms with van der Waals surface area (Å²) in [7, 11) is 0. The minimum absolute atomic E-state index is 0.0407. The van der Waals surface area contributed by atoms with Crippen LogP contribution in [0.4, 0.5) is 17.1 Å². The van der Waals surface area contributed by atoms with E-state index in [1.807, 2.05) is 91.0 Å². The fourth-order valence-electron chi connectivity index (χ4n) is 7.04. The number of hydrogen-bond donors (Lipinski definition) is 2. The molecule has 0 unspecified atom stereocenters. The van der Waals surface area contributed by atoms with Crippen LogP contribution in [0.1, 0.15) is 40.4 Å². The number of aliphatic hydroxyl groups is 2. The van der Waals surface area contributed by atoms with Crippen LogP contribution in [0.2, 0.25) is 5.02 Å². The average molecular weight is 686 g/mol. The molecule has 7 rings (SSSR count). The largest absolute Gasteiger partial charge is 0.395 e. The molecule has 0 saturated heterocycles. The lowest BCUT2D eigenvalue weighted by molar-refractivity contribution is -0.139. The van der Waals surface area contributed by atoms with Crippen molar-refractivity contribution in [3.05, 3.63) is 149 Å². The second kappa shape index (κ2) is 13.6. The molecule has 8 nitrogen and oxygen atoms in total. The Morgan fingerprint density at radius 2 is 1.64 bits per heavy atom. The predicted octanol–water partition coefficient (Wildman–Crippen LogP) is 7.12. The van der Waals surface area contributed by atoms with Crippen molar-refractivity contribution >= 4 is 57.2 Å².